The molecule has 3 N–H and O–H groups in total. The number of halogens is 1. The quantitative estimate of drug-likeness (QED) is 0.588. The molecular weight excluding hydrogens is 240 g/mol. The molecule has 2 aromatic carbocycles. The zero-order valence-corrected chi connectivity index (χ0v) is 9.90. The zero-order chi connectivity index (χ0) is 11.1. The van der Waals surface area contributed by atoms with Crippen LogP contribution < -0.4 is 11.1 Å². The highest BCUT2D eigenvalue weighted by atomic mass is 35.5. The lowest BCUT2D eigenvalue weighted by Gasteiger charge is -2.22. The van der Waals surface area contributed by atoms with Gasteiger partial charge in [0.25, 0.3) is 0 Å². The molecule has 0 aliphatic carbocycles. The number of nitrogens with one attached hydrogen (secondary N) is 1. The molecule has 3 rings (SSSR count). The standard InChI is InChI=1S/C12H9ClN2S/c13-7-5-6-10-12(11(7)14)15-8-3-1-2-4-9(8)16-10/h1-6,15H,14H2. The van der Waals surface area contributed by atoms with E-state index in [9.17, 15) is 0 Å². The number of anilines is 3. The minimum absolute atomic E-state index is 0.589. The molecule has 80 valence electrons. The second-order valence-electron chi connectivity index (χ2n) is 3.56. The van der Waals surface area contributed by atoms with E-state index in [0.29, 0.717) is 10.7 Å². The Morgan fingerprint density at radius 1 is 1.06 bits per heavy atom. The summed E-state index contributed by atoms with van der Waals surface area (Å²) in [5.74, 6) is 0. The van der Waals surface area contributed by atoms with E-state index >= 15 is 0 Å². The third kappa shape index (κ3) is 1.44. The van der Waals surface area contributed by atoms with Crippen molar-refractivity contribution in [2.24, 2.45) is 0 Å². The molecule has 0 saturated heterocycles. The largest absolute Gasteiger partial charge is 0.396 e. The maximum atomic E-state index is 6.00. The van der Waals surface area contributed by atoms with Crippen molar-refractivity contribution in [1.29, 1.82) is 0 Å². The van der Waals surface area contributed by atoms with Gasteiger partial charge in [-0.25, -0.2) is 0 Å². The minimum Gasteiger partial charge on any atom is -0.396 e. The molecule has 0 aromatic heterocycles. The number of rotatable bonds is 0. The molecule has 0 radical (unpaired) electrons. The van der Waals surface area contributed by atoms with E-state index in [1.165, 1.54) is 4.90 Å². The van der Waals surface area contributed by atoms with Crippen molar-refractivity contribution >= 4 is 40.4 Å². The van der Waals surface area contributed by atoms with Crippen LogP contribution in [0.5, 0.6) is 0 Å². The van der Waals surface area contributed by atoms with Crippen LogP contribution in [0.25, 0.3) is 0 Å². The van der Waals surface area contributed by atoms with E-state index in [-0.39, 0.29) is 0 Å². The maximum absolute atomic E-state index is 6.00. The lowest BCUT2D eigenvalue weighted by Crippen LogP contribution is -2.03. The Balaban J connectivity index is 2.16. The Labute approximate surface area is 103 Å². The van der Waals surface area contributed by atoms with Gasteiger partial charge in [0.05, 0.1) is 22.1 Å². The van der Waals surface area contributed by atoms with Crippen LogP contribution in [-0.4, -0.2) is 0 Å². The van der Waals surface area contributed by atoms with Crippen LogP contribution in [0.2, 0.25) is 5.02 Å². The van der Waals surface area contributed by atoms with Gasteiger partial charge in [-0.3, -0.25) is 0 Å². The number of nitrogen functional groups attached to an aromatic ring is 1. The first kappa shape index (κ1) is 9.87. The summed E-state index contributed by atoms with van der Waals surface area (Å²) in [5, 5.41) is 3.91. The summed E-state index contributed by atoms with van der Waals surface area (Å²) in [7, 11) is 0. The second-order valence-corrected chi connectivity index (χ2v) is 5.05. The monoisotopic (exact) mass is 248 g/mol. The summed E-state index contributed by atoms with van der Waals surface area (Å²) >= 11 is 7.70. The lowest BCUT2D eigenvalue weighted by molar-refractivity contribution is 1.32. The number of nitrogens with two attached hydrogens (primary N) is 1. The fourth-order valence-electron chi connectivity index (χ4n) is 1.70. The van der Waals surface area contributed by atoms with Gasteiger partial charge < -0.3 is 11.1 Å². The van der Waals surface area contributed by atoms with Gasteiger partial charge in [-0.2, -0.15) is 0 Å². The van der Waals surface area contributed by atoms with Crippen molar-refractivity contribution in [2.75, 3.05) is 11.1 Å². The SMILES string of the molecule is Nc1c(Cl)ccc2c1Nc1ccccc1S2. The van der Waals surface area contributed by atoms with Crippen LogP contribution in [0, 0.1) is 0 Å². The summed E-state index contributed by atoms with van der Waals surface area (Å²) in [4.78, 5) is 2.32. The normalized spacial score (nSPS) is 12.6. The molecule has 0 bridgehead atoms. The van der Waals surface area contributed by atoms with Crippen LogP contribution in [-0.2, 0) is 0 Å². The van der Waals surface area contributed by atoms with Crippen LogP contribution >= 0.6 is 23.4 Å². The molecule has 1 aliphatic rings. The Morgan fingerprint density at radius 3 is 2.75 bits per heavy atom. The highest BCUT2D eigenvalue weighted by Gasteiger charge is 2.18. The first-order valence-corrected chi connectivity index (χ1v) is 6.07. The average Bonchev–Trinajstić information content (AvgIpc) is 2.32. The number of fused-ring (bicyclic) bond motifs is 2. The van der Waals surface area contributed by atoms with Gasteiger partial charge in [0, 0.05) is 9.79 Å². The van der Waals surface area contributed by atoms with Gasteiger partial charge >= 0.3 is 0 Å². The predicted molar refractivity (Wildman–Crippen MR) is 69.7 cm³/mol. The van der Waals surface area contributed by atoms with E-state index in [0.717, 1.165) is 16.3 Å². The summed E-state index contributed by atoms with van der Waals surface area (Å²) in [6, 6.07) is 12.0. The van der Waals surface area contributed by atoms with E-state index in [2.05, 4.69) is 11.4 Å². The molecule has 0 saturated carbocycles. The van der Waals surface area contributed by atoms with Gasteiger partial charge in [-0.15, -0.1) is 0 Å². The van der Waals surface area contributed by atoms with Crippen molar-refractivity contribution in [2.45, 2.75) is 9.79 Å². The van der Waals surface area contributed by atoms with E-state index in [1.54, 1.807) is 11.8 Å². The zero-order valence-electron chi connectivity index (χ0n) is 8.33. The van der Waals surface area contributed by atoms with Gasteiger partial charge in [-0.1, -0.05) is 35.5 Å². The van der Waals surface area contributed by atoms with Gasteiger partial charge in [0.15, 0.2) is 0 Å². The molecule has 2 nitrogen and oxygen atoms in total. The maximum Gasteiger partial charge on any atom is 0.0775 e. The second kappa shape index (κ2) is 3.61. The predicted octanol–water partition coefficient (Wildman–Crippen LogP) is 4.13. The van der Waals surface area contributed by atoms with Crippen LogP contribution in [0.1, 0.15) is 0 Å². The van der Waals surface area contributed by atoms with E-state index in [1.807, 2.05) is 30.3 Å². The molecule has 2 aromatic rings. The third-order valence-electron chi connectivity index (χ3n) is 2.52. The minimum atomic E-state index is 0.589. The lowest BCUT2D eigenvalue weighted by atomic mass is 10.2. The first-order chi connectivity index (χ1) is 7.75. The number of para-hydroxylation sites is 1. The fourth-order valence-corrected chi connectivity index (χ4v) is 2.87. The first-order valence-electron chi connectivity index (χ1n) is 4.87. The molecule has 0 fully saturated rings. The van der Waals surface area contributed by atoms with Crippen LogP contribution in [0.15, 0.2) is 46.2 Å². The Bertz CT molecular complexity index is 569. The van der Waals surface area contributed by atoms with E-state index in [4.69, 9.17) is 17.3 Å². The van der Waals surface area contributed by atoms with Crippen molar-refractivity contribution in [3.05, 3.63) is 41.4 Å². The number of benzene rings is 2. The van der Waals surface area contributed by atoms with Crippen LogP contribution in [0.3, 0.4) is 0 Å². The topological polar surface area (TPSA) is 38.0 Å². The van der Waals surface area contributed by atoms with Crippen molar-refractivity contribution < 1.29 is 0 Å². The molecule has 1 aliphatic heterocycles. The highest BCUT2D eigenvalue weighted by molar-refractivity contribution is 7.99. The van der Waals surface area contributed by atoms with Crippen molar-refractivity contribution in [1.82, 2.24) is 0 Å². The summed E-state index contributed by atoms with van der Waals surface area (Å²) in [6.07, 6.45) is 0. The van der Waals surface area contributed by atoms with Gasteiger partial charge in [-0.05, 0) is 24.3 Å². The molecule has 0 atom stereocenters. The smallest absolute Gasteiger partial charge is 0.0775 e. The summed E-state index contributed by atoms with van der Waals surface area (Å²) in [5.41, 5.74) is 8.56. The van der Waals surface area contributed by atoms with Gasteiger partial charge in [0.1, 0.15) is 0 Å². The Kier molecular flexibility index (Phi) is 2.23. The molecule has 1 heterocycles. The number of hydrogen-bond donors (Lipinski definition) is 2. The fraction of sp³-hybridized carbons (Fsp3) is 0. The Hall–Kier alpha value is -1.32. The highest BCUT2D eigenvalue weighted by Crippen LogP contribution is 2.47. The van der Waals surface area contributed by atoms with Crippen molar-refractivity contribution in [3.8, 4) is 0 Å². The molecule has 16 heavy (non-hydrogen) atoms. The van der Waals surface area contributed by atoms with Crippen LogP contribution in [0.4, 0.5) is 17.1 Å². The summed E-state index contributed by atoms with van der Waals surface area (Å²) in [6.45, 7) is 0. The Morgan fingerprint density at radius 2 is 1.88 bits per heavy atom. The van der Waals surface area contributed by atoms with Gasteiger partial charge in [0.2, 0.25) is 0 Å². The molecule has 0 spiro atoms. The third-order valence-corrected chi connectivity index (χ3v) is 3.99. The number of hydrogen-bond acceptors (Lipinski definition) is 3. The molecular formula is C12H9ClN2S. The van der Waals surface area contributed by atoms with Crippen molar-refractivity contribution in [3.63, 3.8) is 0 Å². The molecule has 4 heteroatoms. The van der Waals surface area contributed by atoms with E-state index < -0.39 is 0 Å². The summed E-state index contributed by atoms with van der Waals surface area (Å²) < 4.78 is 0. The molecule has 0 unspecified atom stereocenters. The molecule has 0 amide bonds. The average molecular weight is 249 g/mol.